The van der Waals surface area contributed by atoms with E-state index in [9.17, 15) is 31.1 Å². The molecule has 0 saturated carbocycles. The molecule has 0 aromatic rings. The number of carbonyl (C=O) groups excluding carboxylic acids is 1. The fraction of sp³-hybridized carbons (Fsp3) is 0.700. The van der Waals surface area contributed by atoms with Gasteiger partial charge in [0.2, 0.25) is 0 Å². The van der Waals surface area contributed by atoms with Gasteiger partial charge in [-0.15, -0.1) is 6.58 Å². The second-order valence-electron chi connectivity index (χ2n) is 3.96. The van der Waals surface area contributed by atoms with Crippen LogP contribution in [0.5, 0.6) is 0 Å². The quantitative estimate of drug-likeness (QED) is 0.446. The Morgan fingerprint density at radius 1 is 1.17 bits per heavy atom. The fourth-order valence-electron chi connectivity index (χ4n) is 1.16. The van der Waals surface area contributed by atoms with Crippen LogP contribution in [-0.2, 0) is 9.53 Å². The fourth-order valence-corrected chi connectivity index (χ4v) is 1.16. The van der Waals surface area contributed by atoms with E-state index >= 15 is 0 Å². The molecule has 0 bridgehead atoms. The first-order valence-corrected chi connectivity index (χ1v) is 4.84. The summed E-state index contributed by atoms with van der Waals surface area (Å²) in [7, 11) is 0. The van der Waals surface area contributed by atoms with Crippen molar-refractivity contribution in [1.29, 1.82) is 0 Å². The summed E-state index contributed by atoms with van der Waals surface area (Å²) in [5, 5.41) is 0. The Morgan fingerprint density at radius 3 is 1.83 bits per heavy atom. The molecule has 0 radical (unpaired) electrons. The van der Waals surface area contributed by atoms with Crippen molar-refractivity contribution in [1.82, 2.24) is 0 Å². The molecule has 0 aliphatic carbocycles. The number of allylic oxidation sites excluding steroid dienone is 1. The van der Waals surface area contributed by atoms with Crippen LogP contribution in [0.4, 0.5) is 26.3 Å². The molecule has 18 heavy (non-hydrogen) atoms. The van der Waals surface area contributed by atoms with E-state index in [4.69, 9.17) is 0 Å². The maximum Gasteiger partial charge on any atom is 0.434 e. The Bertz CT molecular complexity index is 303. The lowest BCUT2D eigenvalue weighted by atomic mass is 10.0. The lowest BCUT2D eigenvalue weighted by Gasteiger charge is -2.24. The predicted octanol–water partition coefficient (Wildman–Crippen LogP) is 3.63. The number of hydrogen-bond donors (Lipinski definition) is 0. The third-order valence-electron chi connectivity index (χ3n) is 1.89. The molecule has 1 atom stereocenters. The van der Waals surface area contributed by atoms with Crippen LogP contribution in [0.25, 0.3) is 0 Å². The van der Waals surface area contributed by atoms with Gasteiger partial charge in [0.05, 0.1) is 5.92 Å². The highest BCUT2D eigenvalue weighted by molar-refractivity contribution is 5.72. The van der Waals surface area contributed by atoms with Crippen molar-refractivity contribution in [3.63, 3.8) is 0 Å². The molecular formula is C10H12F6O2. The van der Waals surface area contributed by atoms with E-state index < -0.39 is 30.3 Å². The van der Waals surface area contributed by atoms with Gasteiger partial charge in [-0.05, 0) is 13.3 Å². The third kappa shape index (κ3) is 5.42. The van der Waals surface area contributed by atoms with Crippen LogP contribution in [0.2, 0.25) is 0 Å². The minimum Gasteiger partial charge on any atom is -0.443 e. The smallest absolute Gasteiger partial charge is 0.434 e. The van der Waals surface area contributed by atoms with Gasteiger partial charge in [-0.1, -0.05) is 12.5 Å². The van der Waals surface area contributed by atoms with Crippen LogP contribution in [0.3, 0.4) is 0 Å². The van der Waals surface area contributed by atoms with Gasteiger partial charge in [-0.2, -0.15) is 26.3 Å². The van der Waals surface area contributed by atoms with E-state index in [0.717, 1.165) is 0 Å². The molecule has 2 nitrogen and oxygen atoms in total. The van der Waals surface area contributed by atoms with E-state index in [1.54, 1.807) is 0 Å². The van der Waals surface area contributed by atoms with Crippen molar-refractivity contribution in [2.24, 2.45) is 5.92 Å². The van der Waals surface area contributed by atoms with Gasteiger partial charge in [0, 0.05) is 0 Å². The molecule has 0 spiro atoms. The Morgan fingerprint density at radius 2 is 1.56 bits per heavy atom. The normalized spacial score (nSPS) is 14.5. The minimum absolute atomic E-state index is 0.0404. The van der Waals surface area contributed by atoms with E-state index in [0.29, 0.717) is 5.57 Å². The second-order valence-corrected chi connectivity index (χ2v) is 3.96. The van der Waals surface area contributed by atoms with Crippen LogP contribution >= 0.6 is 0 Å². The SMILES string of the molecule is C=C(C)CC(C)C(=O)OC(C(F)(F)F)C(F)(F)F. The molecule has 0 amide bonds. The molecule has 1 unspecified atom stereocenters. The zero-order chi connectivity index (χ0) is 14.7. The number of alkyl halides is 6. The number of hydrogen-bond acceptors (Lipinski definition) is 2. The number of ether oxygens (including phenoxy) is 1. The van der Waals surface area contributed by atoms with Crippen molar-refractivity contribution in [2.75, 3.05) is 0 Å². The molecule has 0 rings (SSSR count). The van der Waals surface area contributed by atoms with Crippen molar-refractivity contribution in [3.05, 3.63) is 12.2 Å². The summed E-state index contributed by atoms with van der Waals surface area (Å²) in [5.74, 6) is -2.67. The van der Waals surface area contributed by atoms with Gasteiger partial charge in [-0.3, -0.25) is 4.79 Å². The highest BCUT2D eigenvalue weighted by atomic mass is 19.4. The van der Waals surface area contributed by atoms with Crippen molar-refractivity contribution >= 4 is 5.97 Å². The maximum absolute atomic E-state index is 12.1. The zero-order valence-corrected chi connectivity index (χ0v) is 9.65. The van der Waals surface area contributed by atoms with E-state index in [1.165, 1.54) is 13.8 Å². The lowest BCUT2D eigenvalue weighted by Crippen LogP contribution is -2.46. The third-order valence-corrected chi connectivity index (χ3v) is 1.89. The van der Waals surface area contributed by atoms with Crippen molar-refractivity contribution in [2.45, 2.75) is 38.7 Å². The summed E-state index contributed by atoms with van der Waals surface area (Å²) in [6.07, 6.45) is -15.5. The summed E-state index contributed by atoms with van der Waals surface area (Å²) in [5.41, 5.74) is 0.454. The molecule has 0 heterocycles. The molecule has 8 heteroatoms. The van der Waals surface area contributed by atoms with Gasteiger partial charge >= 0.3 is 18.3 Å². The number of halogens is 6. The van der Waals surface area contributed by atoms with Gasteiger partial charge < -0.3 is 4.74 Å². The number of rotatable bonds is 4. The second kappa shape index (κ2) is 5.62. The molecule has 0 saturated heterocycles. The summed E-state index contributed by atoms with van der Waals surface area (Å²) in [6.45, 7) is 6.06. The first-order valence-electron chi connectivity index (χ1n) is 4.84. The van der Waals surface area contributed by atoms with E-state index in [1.807, 2.05) is 0 Å². The molecule has 0 aromatic heterocycles. The number of esters is 1. The van der Waals surface area contributed by atoms with Gasteiger partial charge in [0.15, 0.2) is 0 Å². The van der Waals surface area contributed by atoms with Crippen LogP contribution < -0.4 is 0 Å². The Labute approximate surface area is 99.6 Å². The van der Waals surface area contributed by atoms with Gasteiger partial charge in [0.25, 0.3) is 6.10 Å². The molecule has 0 aliphatic rings. The molecule has 0 aliphatic heterocycles. The molecule has 0 fully saturated rings. The monoisotopic (exact) mass is 278 g/mol. The first kappa shape index (κ1) is 16.8. The molecular weight excluding hydrogens is 266 g/mol. The topological polar surface area (TPSA) is 26.3 Å². The lowest BCUT2D eigenvalue weighted by molar-refractivity contribution is -0.314. The molecule has 0 N–H and O–H groups in total. The molecule has 0 aromatic carbocycles. The maximum atomic E-state index is 12.1. The zero-order valence-electron chi connectivity index (χ0n) is 9.65. The standard InChI is InChI=1S/C10H12F6O2/c1-5(2)4-6(3)7(17)18-8(9(11,12)13)10(14,15)16/h6,8H,1,4H2,2-3H3. The summed E-state index contributed by atoms with van der Waals surface area (Å²) in [4.78, 5) is 11.1. The minimum atomic E-state index is -5.68. The number of carbonyl (C=O) groups is 1. The molecule has 106 valence electrons. The Balaban J connectivity index is 4.81. The van der Waals surface area contributed by atoms with Crippen molar-refractivity contribution in [3.8, 4) is 0 Å². The van der Waals surface area contributed by atoms with Crippen LogP contribution in [0.1, 0.15) is 20.3 Å². The largest absolute Gasteiger partial charge is 0.443 e. The average Bonchev–Trinajstić information content (AvgIpc) is 2.08. The Kier molecular flexibility index (Phi) is 5.24. The summed E-state index contributed by atoms with van der Waals surface area (Å²) < 4.78 is 76.0. The van der Waals surface area contributed by atoms with Crippen molar-refractivity contribution < 1.29 is 35.9 Å². The van der Waals surface area contributed by atoms with Gasteiger partial charge in [0.1, 0.15) is 0 Å². The van der Waals surface area contributed by atoms with Crippen LogP contribution in [0, 0.1) is 5.92 Å². The summed E-state index contributed by atoms with van der Waals surface area (Å²) in [6, 6.07) is 0. The first-order chi connectivity index (χ1) is 7.85. The van der Waals surface area contributed by atoms with E-state index in [-0.39, 0.29) is 6.42 Å². The van der Waals surface area contributed by atoms with E-state index in [2.05, 4.69) is 11.3 Å². The summed E-state index contributed by atoms with van der Waals surface area (Å²) >= 11 is 0. The highest BCUT2D eigenvalue weighted by Crippen LogP contribution is 2.36. The Hall–Kier alpha value is -1.21. The van der Waals surface area contributed by atoms with Crippen LogP contribution in [0.15, 0.2) is 12.2 Å². The average molecular weight is 278 g/mol. The van der Waals surface area contributed by atoms with Crippen LogP contribution in [-0.4, -0.2) is 24.4 Å². The van der Waals surface area contributed by atoms with Gasteiger partial charge in [-0.25, -0.2) is 0 Å². The highest BCUT2D eigenvalue weighted by Gasteiger charge is 2.60. The predicted molar refractivity (Wildman–Crippen MR) is 50.6 cm³/mol.